The molecule has 0 aliphatic heterocycles. The van der Waals surface area contributed by atoms with E-state index in [0.717, 1.165) is 6.92 Å². The van der Waals surface area contributed by atoms with Crippen molar-refractivity contribution in [2.45, 2.75) is 77.9 Å². The number of aliphatic hydroxyl groups excluding tert-OH is 1. The molecule has 0 aliphatic rings. The van der Waals surface area contributed by atoms with Crippen LogP contribution in [0.15, 0.2) is 18.7 Å². The largest absolute Gasteiger partial charge is 0.547 e. The number of hydrogen-bond donors (Lipinski definition) is 1. The van der Waals surface area contributed by atoms with Gasteiger partial charge in [0.2, 0.25) is 6.33 Å². The number of hydrogen-bond acceptors (Lipinski definition) is 3. The van der Waals surface area contributed by atoms with Crippen LogP contribution in [0.2, 0.25) is 0 Å². The zero-order valence-electron chi connectivity index (χ0n) is 14.3. The Morgan fingerprint density at radius 2 is 1.68 bits per heavy atom. The zero-order valence-corrected chi connectivity index (χ0v) is 14.3. The maximum absolute atomic E-state index is 9.34. The van der Waals surface area contributed by atoms with Gasteiger partial charge in [0.25, 0.3) is 0 Å². The van der Waals surface area contributed by atoms with Gasteiger partial charge >= 0.3 is 0 Å². The number of carbonyl (C=O) groups is 1. The lowest BCUT2D eigenvalue weighted by atomic mass is 10.1. The molecule has 1 atom stereocenters. The van der Waals surface area contributed by atoms with Crippen molar-refractivity contribution in [3.05, 3.63) is 18.7 Å². The van der Waals surface area contributed by atoms with E-state index in [1.165, 1.54) is 57.9 Å². The van der Waals surface area contributed by atoms with Gasteiger partial charge in [0.05, 0.1) is 25.7 Å². The van der Waals surface area contributed by atoms with Crippen LogP contribution in [-0.4, -0.2) is 21.7 Å². The van der Waals surface area contributed by atoms with Gasteiger partial charge in [-0.25, -0.2) is 9.13 Å². The Morgan fingerprint density at radius 1 is 1.18 bits per heavy atom. The Kier molecular flexibility index (Phi) is 12.5. The van der Waals surface area contributed by atoms with E-state index in [2.05, 4.69) is 41.8 Å². The van der Waals surface area contributed by atoms with Crippen LogP contribution in [0.1, 0.15) is 65.2 Å². The molecule has 0 bridgehead atoms. The number of unbranched alkanes of at least 4 members (excludes halogenated alkanes) is 7. The first-order valence-corrected chi connectivity index (χ1v) is 8.37. The summed E-state index contributed by atoms with van der Waals surface area (Å²) in [6, 6.07) is 0. The number of imidazole rings is 1. The van der Waals surface area contributed by atoms with E-state index in [-0.39, 0.29) is 0 Å². The van der Waals surface area contributed by atoms with Gasteiger partial charge in [-0.3, -0.25) is 0 Å². The van der Waals surface area contributed by atoms with Crippen LogP contribution in [0.4, 0.5) is 0 Å². The molecule has 5 nitrogen and oxygen atoms in total. The molecule has 0 saturated heterocycles. The fraction of sp³-hybridized carbons (Fsp3) is 0.765. The normalized spacial score (nSPS) is 11.6. The molecule has 0 amide bonds. The summed E-state index contributed by atoms with van der Waals surface area (Å²) in [6.45, 7) is 4.59. The molecule has 0 aromatic carbocycles. The van der Waals surface area contributed by atoms with Crippen LogP contribution in [0.25, 0.3) is 0 Å². The summed E-state index contributed by atoms with van der Waals surface area (Å²) in [5.74, 6) is -1.44. The summed E-state index contributed by atoms with van der Waals surface area (Å²) in [5.41, 5.74) is 0. The van der Waals surface area contributed by atoms with Crippen LogP contribution < -0.4 is 9.67 Å². The quantitative estimate of drug-likeness (QED) is 0.527. The Bertz CT molecular complexity index is 389. The van der Waals surface area contributed by atoms with Crippen LogP contribution >= 0.6 is 0 Å². The van der Waals surface area contributed by atoms with Crippen molar-refractivity contribution in [1.29, 1.82) is 0 Å². The predicted octanol–water partition coefficient (Wildman–Crippen LogP) is 1.57. The number of aromatic nitrogens is 2. The highest BCUT2D eigenvalue weighted by atomic mass is 16.4. The third-order valence-corrected chi connectivity index (χ3v) is 3.43. The number of rotatable bonds is 10. The first kappa shape index (κ1) is 20.6. The van der Waals surface area contributed by atoms with Crippen molar-refractivity contribution in [2.24, 2.45) is 7.05 Å². The Morgan fingerprint density at radius 3 is 2.09 bits per heavy atom. The van der Waals surface area contributed by atoms with Gasteiger partial charge in [-0.2, -0.15) is 0 Å². The molecule has 0 aliphatic carbocycles. The van der Waals surface area contributed by atoms with E-state index in [1.54, 1.807) is 0 Å². The van der Waals surface area contributed by atoms with Crippen molar-refractivity contribution in [1.82, 2.24) is 4.57 Å². The maximum atomic E-state index is 9.34. The highest BCUT2D eigenvalue weighted by molar-refractivity contribution is 5.68. The number of carbonyl (C=O) groups excluding carboxylic acids is 1. The first-order chi connectivity index (χ1) is 10.5. The van der Waals surface area contributed by atoms with Crippen molar-refractivity contribution < 1.29 is 19.6 Å². The highest BCUT2D eigenvalue weighted by Gasteiger charge is 1.99. The summed E-state index contributed by atoms with van der Waals surface area (Å²) < 4.78 is 4.38. The average Bonchev–Trinajstić information content (AvgIpc) is 2.88. The van der Waals surface area contributed by atoms with E-state index >= 15 is 0 Å². The Labute approximate surface area is 134 Å². The lowest BCUT2D eigenvalue weighted by Gasteiger charge is -2.00. The molecule has 1 N–H and O–H groups in total. The monoisotopic (exact) mass is 312 g/mol. The standard InChI is InChI=1S/C14H27N2.C3H6O3/c1-3-4-5-6-7-8-9-10-11-16-13-12-15(2)14-16;1-2(4)3(5)6/h12-14H,3-11H2,1-2H3;2,4H,1H3,(H,5,6)/q+1;/p-1. The summed E-state index contributed by atoms with van der Waals surface area (Å²) >= 11 is 0. The van der Waals surface area contributed by atoms with E-state index in [9.17, 15) is 9.90 Å². The minimum absolute atomic E-state index is 1.13. The molecule has 1 aromatic heterocycles. The molecule has 0 radical (unpaired) electrons. The number of aryl methyl sites for hydroxylation is 2. The molecule has 0 spiro atoms. The van der Waals surface area contributed by atoms with Crippen LogP contribution in [0, 0.1) is 0 Å². The first-order valence-electron chi connectivity index (χ1n) is 8.37. The van der Waals surface area contributed by atoms with E-state index in [4.69, 9.17) is 5.11 Å². The lowest BCUT2D eigenvalue weighted by molar-refractivity contribution is -0.696. The van der Waals surface area contributed by atoms with Crippen molar-refractivity contribution in [3.8, 4) is 0 Å². The lowest BCUT2D eigenvalue weighted by Crippen LogP contribution is -2.32. The molecule has 1 heterocycles. The van der Waals surface area contributed by atoms with Gasteiger partial charge < -0.3 is 15.0 Å². The average molecular weight is 312 g/mol. The Hall–Kier alpha value is -1.36. The van der Waals surface area contributed by atoms with Crippen molar-refractivity contribution >= 4 is 5.97 Å². The van der Waals surface area contributed by atoms with Crippen LogP contribution in [-0.2, 0) is 18.4 Å². The number of carboxylic acid groups (broad SMARTS) is 1. The number of aliphatic hydroxyl groups is 1. The smallest absolute Gasteiger partial charge is 0.243 e. The Balaban J connectivity index is 0.000000626. The van der Waals surface area contributed by atoms with E-state index < -0.39 is 12.1 Å². The molecule has 0 saturated carbocycles. The van der Waals surface area contributed by atoms with Crippen LogP contribution in [0.3, 0.4) is 0 Å². The second kappa shape index (κ2) is 13.3. The third kappa shape index (κ3) is 12.4. The number of nitrogens with zero attached hydrogens (tertiary/aromatic N) is 2. The maximum Gasteiger partial charge on any atom is 0.243 e. The molecular weight excluding hydrogens is 280 g/mol. The molecule has 128 valence electrons. The summed E-state index contributed by atoms with van der Waals surface area (Å²) in [5, 5.41) is 17.3. The summed E-state index contributed by atoms with van der Waals surface area (Å²) in [6.07, 6.45) is 16.3. The molecule has 5 heteroatoms. The number of carboxylic acids is 1. The van der Waals surface area contributed by atoms with Gasteiger partial charge in [0.1, 0.15) is 12.4 Å². The minimum Gasteiger partial charge on any atom is -0.547 e. The topological polar surface area (TPSA) is 69.2 Å². The molecule has 1 unspecified atom stereocenters. The summed E-state index contributed by atoms with van der Waals surface area (Å²) in [7, 11) is 2.07. The van der Waals surface area contributed by atoms with Crippen molar-refractivity contribution in [2.75, 3.05) is 0 Å². The molecular formula is C17H32N2O3. The molecule has 1 aromatic rings. The van der Waals surface area contributed by atoms with Gasteiger partial charge in [-0.15, -0.1) is 0 Å². The van der Waals surface area contributed by atoms with Gasteiger partial charge in [-0.1, -0.05) is 45.4 Å². The molecule has 22 heavy (non-hydrogen) atoms. The third-order valence-electron chi connectivity index (χ3n) is 3.43. The highest BCUT2D eigenvalue weighted by Crippen LogP contribution is 2.08. The van der Waals surface area contributed by atoms with E-state index in [1.807, 2.05) is 0 Å². The number of aliphatic carboxylic acids is 1. The zero-order chi connectivity index (χ0) is 16.8. The second-order valence-corrected chi connectivity index (χ2v) is 5.79. The SMILES string of the molecule is CC(O)C(=O)[O-].CCCCCCCCCC[n+]1ccn(C)c1. The van der Waals surface area contributed by atoms with Gasteiger partial charge in [-0.05, 0) is 19.8 Å². The fourth-order valence-corrected chi connectivity index (χ4v) is 2.06. The summed E-state index contributed by atoms with van der Waals surface area (Å²) in [4.78, 5) is 9.34. The minimum atomic E-state index is -1.44. The molecule has 1 rings (SSSR count). The van der Waals surface area contributed by atoms with Gasteiger partial charge in [0, 0.05) is 0 Å². The predicted molar refractivity (Wildman–Crippen MR) is 84.9 cm³/mol. The molecule has 0 fully saturated rings. The van der Waals surface area contributed by atoms with E-state index in [0.29, 0.717) is 0 Å². The van der Waals surface area contributed by atoms with Crippen LogP contribution in [0.5, 0.6) is 0 Å². The van der Waals surface area contributed by atoms with Crippen molar-refractivity contribution in [3.63, 3.8) is 0 Å². The fourth-order valence-electron chi connectivity index (χ4n) is 2.06. The second-order valence-electron chi connectivity index (χ2n) is 5.79. The van der Waals surface area contributed by atoms with Gasteiger partial charge in [0.15, 0.2) is 0 Å².